The molecule has 0 saturated carbocycles. The van der Waals surface area contributed by atoms with E-state index in [-0.39, 0.29) is 0 Å². The summed E-state index contributed by atoms with van der Waals surface area (Å²) in [6.45, 7) is 0. The van der Waals surface area contributed by atoms with Crippen LogP contribution in [0.15, 0.2) is 59.2 Å². The van der Waals surface area contributed by atoms with Crippen molar-refractivity contribution in [3.8, 4) is 11.5 Å². The number of fused-ring (bicyclic) bond motifs is 1. The molecular weight excluding hydrogens is 300 g/mol. The molecule has 2 aromatic rings. The highest BCUT2D eigenvalue weighted by Gasteiger charge is 2.19. The van der Waals surface area contributed by atoms with Crippen LogP contribution < -0.4 is 9.47 Å². The van der Waals surface area contributed by atoms with Crippen LogP contribution >= 0.6 is 10.6 Å². The van der Waals surface area contributed by atoms with Crippen molar-refractivity contribution in [2.45, 2.75) is 6.42 Å². The minimum atomic E-state index is -2.66. The molecule has 0 bridgehead atoms. The van der Waals surface area contributed by atoms with Crippen LogP contribution in [0.25, 0.3) is 10.8 Å². The highest BCUT2D eigenvalue weighted by molar-refractivity contribution is 8.27. The van der Waals surface area contributed by atoms with Crippen LogP contribution in [0.1, 0.15) is 6.42 Å². The van der Waals surface area contributed by atoms with Crippen LogP contribution in [-0.4, -0.2) is 22.5 Å². The first kappa shape index (κ1) is 15.0. The molecule has 0 heterocycles. The van der Waals surface area contributed by atoms with Crippen LogP contribution in [0.4, 0.5) is 0 Å². The van der Waals surface area contributed by atoms with Crippen molar-refractivity contribution < 1.29 is 18.6 Å². The van der Waals surface area contributed by atoms with Crippen molar-refractivity contribution in [3.05, 3.63) is 59.2 Å². The number of benzene rings is 2. The van der Waals surface area contributed by atoms with E-state index in [4.69, 9.17) is 9.47 Å². The molecule has 0 aromatic heterocycles. The number of ether oxygens (including phenoxy) is 2. The molecule has 0 unspecified atom stereocenters. The maximum atomic E-state index is 9.67. The van der Waals surface area contributed by atoms with Gasteiger partial charge in [-0.05, 0) is 47.2 Å². The van der Waals surface area contributed by atoms with Gasteiger partial charge in [0.2, 0.25) is 0 Å². The lowest BCUT2D eigenvalue weighted by molar-refractivity contribution is 0.414. The Morgan fingerprint density at radius 2 is 1.64 bits per heavy atom. The molecule has 0 spiro atoms. The van der Waals surface area contributed by atoms with Crippen LogP contribution in [-0.2, 0) is 0 Å². The van der Waals surface area contributed by atoms with Crippen LogP contribution in [0.2, 0.25) is 0 Å². The second-order valence-electron chi connectivity index (χ2n) is 5.25. The van der Waals surface area contributed by atoms with E-state index >= 15 is 0 Å². The first-order chi connectivity index (χ1) is 10.5. The molecule has 5 heteroatoms. The maximum absolute atomic E-state index is 9.67. The largest absolute Gasteiger partial charge is 0.497 e. The summed E-state index contributed by atoms with van der Waals surface area (Å²) in [7, 11) is -1.02. The van der Waals surface area contributed by atoms with E-state index in [1.807, 2.05) is 36.4 Å². The topological polar surface area (TPSA) is 58.9 Å². The molecular formula is C17H18O4S. The molecule has 0 radical (unpaired) electrons. The van der Waals surface area contributed by atoms with Gasteiger partial charge in [0.25, 0.3) is 0 Å². The van der Waals surface area contributed by atoms with E-state index < -0.39 is 10.6 Å². The quantitative estimate of drug-likeness (QED) is 0.852. The van der Waals surface area contributed by atoms with Crippen molar-refractivity contribution >= 4 is 21.4 Å². The number of hydrogen-bond acceptors (Lipinski definition) is 4. The van der Waals surface area contributed by atoms with Crippen molar-refractivity contribution in [1.29, 1.82) is 0 Å². The third kappa shape index (κ3) is 3.11. The van der Waals surface area contributed by atoms with Gasteiger partial charge in [0.15, 0.2) is 0 Å². The maximum Gasteiger partial charge on any atom is 0.127 e. The van der Waals surface area contributed by atoms with Gasteiger partial charge in [-0.2, -0.15) is 10.6 Å². The molecule has 0 atom stereocenters. The van der Waals surface area contributed by atoms with E-state index in [9.17, 15) is 9.11 Å². The third-order valence-corrected chi connectivity index (χ3v) is 4.84. The second-order valence-corrected chi connectivity index (χ2v) is 7.44. The molecule has 0 amide bonds. The average molecular weight is 318 g/mol. The van der Waals surface area contributed by atoms with Gasteiger partial charge in [-0.1, -0.05) is 12.1 Å². The summed E-state index contributed by atoms with van der Waals surface area (Å²) in [6, 6.07) is 11.7. The zero-order valence-corrected chi connectivity index (χ0v) is 13.3. The Bertz CT molecular complexity index is 772. The Hall–Kier alpha value is -1.95. The lowest BCUT2D eigenvalue weighted by atomic mass is 10.1. The van der Waals surface area contributed by atoms with Gasteiger partial charge in [-0.15, -0.1) is 0 Å². The van der Waals surface area contributed by atoms with Crippen LogP contribution in [0.5, 0.6) is 11.5 Å². The summed E-state index contributed by atoms with van der Waals surface area (Å²) in [5.74, 6) is 2.22. The van der Waals surface area contributed by atoms with Crippen molar-refractivity contribution in [1.82, 2.24) is 0 Å². The smallest absolute Gasteiger partial charge is 0.127 e. The number of hydrogen-bond donors (Lipinski definition) is 2. The molecule has 0 fully saturated rings. The molecule has 22 heavy (non-hydrogen) atoms. The Kier molecular flexibility index (Phi) is 3.87. The minimum absolute atomic E-state index is 0.426. The van der Waals surface area contributed by atoms with Crippen molar-refractivity contribution in [2.75, 3.05) is 13.4 Å². The lowest BCUT2D eigenvalue weighted by Gasteiger charge is -2.28. The van der Waals surface area contributed by atoms with Gasteiger partial charge in [0, 0.05) is 17.6 Å². The van der Waals surface area contributed by atoms with Crippen LogP contribution in [0, 0.1) is 0 Å². The predicted molar refractivity (Wildman–Crippen MR) is 90.7 cm³/mol. The molecule has 4 nitrogen and oxygen atoms in total. The fourth-order valence-electron chi connectivity index (χ4n) is 2.36. The highest BCUT2D eigenvalue weighted by atomic mass is 32.3. The molecule has 1 aliphatic rings. The minimum Gasteiger partial charge on any atom is -0.497 e. The molecule has 1 aliphatic carbocycles. The summed E-state index contributed by atoms with van der Waals surface area (Å²) in [4.78, 5) is 0.602. The first-order valence-corrected chi connectivity index (χ1v) is 8.80. The highest BCUT2D eigenvalue weighted by Crippen LogP contribution is 2.48. The SMILES string of the molecule is COc1ccc2ccc(OC3=CC=C(S(C)(O)O)C3)cc2c1. The molecule has 2 N–H and O–H groups in total. The van der Waals surface area contributed by atoms with Crippen molar-refractivity contribution in [3.63, 3.8) is 0 Å². The average Bonchev–Trinajstić information content (AvgIpc) is 2.95. The monoisotopic (exact) mass is 318 g/mol. The summed E-state index contributed by atoms with van der Waals surface area (Å²) < 4.78 is 30.4. The third-order valence-electron chi connectivity index (χ3n) is 3.57. The van der Waals surface area contributed by atoms with Crippen molar-refractivity contribution in [2.24, 2.45) is 0 Å². The Morgan fingerprint density at radius 3 is 2.27 bits per heavy atom. The fraction of sp³-hybridized carbons (Fsp3) is 0.176. The summed E-state index contributed by atoms with van der Waals surface area (Å²) in [6.07, 6.45) is 5.35. The second kappa shape index (κ2) is 5.68. The molecule has 0 aliphatic heterocycles. The standard InChI is InChI=1S/C17H18O4S/c1-20-14-5-3-12-4-6-15(10-13(12)9-14)21-16-7-8-17(11-16)22(2,18)19/h3-10,18-19H,11H2,1-2H3. The summed E-state index contributed by atoms with van der Waals surface area (Å²) in [5, 5.41) is 2.14. The Balaban J connectivity index is 1.78. The number of methoxy groups -OCH3 is 1. The van der Waals surface area contributed by atoms with E-state index in [0.717, 1.165) is 16.5 Å². The van der Waals surface area contributed by atoms with Gasteiger partial charge in [-0.3, -0.25) is 9.11 Å². The van der Waals surface area contributed by atoms with E-state index in [1.54, 1.807) is 19.3 Å². The van der Waals surface area contributed by atoms with Gasteiger partial charge >= 0.3 is 0 Å². The first-order valence-electron chi connectivity index (χ1n) is 6.84. The van der Waals surface area contributed by atoms with Crippen LogP contribution in [0.3, 0.4) is 0 Å². The normalized spacial score (nSPS) is 15.5. The summed E-state index contributed by atoms with van der Waals surface area (Å²) in [5.41, 5.74) is 0. The Labute approximate surface area is 131 Å². The predicted octanol–water partition coefficient (Wildman–Crippen LogP) is 4.78. The number of rotatable bonds is 4. The Morgan fingerprint density at radius 1 is 0.955 bits per heavy atom. The van der Waals surface area contributed by atoms with E-state index in [2.05, 4.69) is 0 Å². The molecule has 0 saturated heterocycles. The number of allylic oxidation sites excluding steroid dienone is 3. The summed E-state index contributed by atoms with van der Waals surface area (Å²) >= 11 is 0. The van der Waals surface area contributed by atoms with Gasteiger partial charge < -0.3 is 9.47 Å². The zero-order valence-electron chi connectivity index (χ0n) is 12.4. The fourth-order valence-corrected chi connectivity index (χ4v) is 3.10. The molecule has 3 rings (SSSR count). The zero-order chi connectivity index (χ0) is 15.7. The molecule has 116 valence electrons. The van der Waals surface area contributed by atoms with Gasteiger partial charge in [-0.25, -0.2) is 0 Å². The van der Waals surface area contributed by atoms with E-state index in [0.29, 0.717) is 22.8 Å². The van der Waals surface area contributed by atoms with Gasteiger partial charge in [0.05, 0.1) is 7.11 Å². The molecule has 2 aromatic carbocycles. The lowest BCUT2D eigenvalue weighted by Crippen LogP contribution is -1.99. The van der Waals surface area contributed by atoms with E-state index in [1.165, 1.54) is 6.26 Å². The van der Waals surface area contributed by atoms with Gasteiger partial charge in [0.1, 0.15) is 17.3 Å².